The Balaban J connectivity index is 1.88. The molecule has 0 amide bonds. The molecule has 0 aliphatic heterocycles. The molecule has 0 saturated carbocycles. The second-order valence-corrected chi connectivity index (χ2v) is 4.85. The molecule has 0 saturated heterocycles. The molecule has 0 bridgehead atoms. The van der Waals surface area contributed by atoms with E-state index >= 15 is 0 Å². The third kappa shape index (κ3) is 3.14. The number of nitrogens with zero attached hydrogens (tertiary/aromatic N) is 1. The lowest BCUT2D eigenvalue weighted by atomic mass is 10.1. The second-order valence-electron chi connectivity index (χ2n) is 4.85. The van der Waals surface area contributed by atoms with Crippen LogP contribution in [-0.4, -0.2) is 11.5 Å². The zero-order valence-corrected chi connectivity index (χ0v) is 12.0. The van der Waals surface area contributed by atoms with Gasteiger partial charge < -0.3 is 10.1 Å². The molecule has 1 N–H and O–H groups in total. The highest BCUT2D eigenvalue weighted by Crippen LogP contribution is 2.28. The van der Waals surface area contributed by atoms with Gasteiger partial charge in [-0.25, -0.2) is 0 Å². The number of hydrogen-bond donors (Lipinski definition) is 1. The zero-order chi connectivity index (χ0) is 14.5. The fourth-order valence-corrected chi connectivity index (χ4v) is 2.31. The molecule has 106 valence electrons. The van der Waals surface area contributed by atoms with Crippen LogP contribution in [0.4, 0.5) is 5.69 Å². The number of aromatic nitrogens is 1. The van der Waals surface area contributed by atoms with E-state index in [0.29, 0.717) is 6.61 Å². The summed E-state index contributed by atoms with van der Waals surface area (Å²) in [7, 11) is 0. The standard InChI is InChI=1S/C18H18N2O/c1-2-19-17-12-16(11-15-9-6-10-20-18(15)17)21-13-14-7-4-3-5-8-14/h3-12,19H,2,13H2,1H3. The molecule has 1 aromatic heterocycles. The van der Waals surface area contributed by atoms with Gasteiger partial charge in [-0.2, -0.15) is 0 Å². The van der Waals surface area contributed by atoms with Crippen LogP contribution in [0.2, 0.25) is 0 Å². The van der Waals surface area contributed by atoms with E-state index in [9.17, 15) is 0 Å². The Hall–Kier alpha value is -2.55. The average Bonchev–Trinajstić information content (AvgIpc) is 2.54. The van der Waals surface area contributed by atoms with E-state index in [1.165, 1.54) is 0 Å². The molecule has 3 rings (SSSR count). The number of nitrogens with one attached hydrogen (secondary N) is 1. The Morgan fingerprint density at radius 3 is 2.71 bits per heavy atom. The lowest BCUT2D eigenvalue weighted by Gasteiger charge is -2.12. The Bertz CT molecular complexity index is 726. The summed E-state index contributed by atoms with van der Waals surface area (Å²) in [6.45, 7) is 3.50. The van der Waals surface area contributed by atoms with Crippen molar-refractivity contribution in [1.82, 2.24) is 4.98 Å². The third-order valence-electron chi connectivity index (χ3n) is 3.29. The van der Waals surface area contributed by atoms with Crippen LogP contribution < -0.4 is 10.1 Å². The van der Waals surface area contributed by atoms with Gasteiger partial charge in [0, 0.05) is 24.2 Å². The van der Waals surface area contributed by atoms with Crippen molar-refractivity contribution in [2.75, 3.05) is 11.9 Å². The highest BCUT2D eigenvalue weighted by Gasteiger charge is 2.05. The first-order chi connectivity index (χ1) is 10.4. The summed E-state index contributed by atoms with van der Waals surface area (Å²) in [4.78, 5) is 4.44. The van der Waals surface area contributed by atoms with Gasteiger partial charge >= 0.3 is 0 Å². The molecule has 2 aromatic carbocycles. The molecule has 0 fully saturated rings. The van der Waals surface area contributed by atoms with E-state index in [1.807, 2.05) is 42.6 Å². The maximum Gasteiger partial charge on any atom is 0.122 e. The molecule has 3 heteroatoms. The number of ether oxygens (including phenoxy) is 1. The molecular weight excluding hydrogens is 260 g/mol. The van der Waals surface area contributed by atoms with Crippen LogP contribution in [0, 0.1) is 0 Å². The summed E-state index contributed by atoms with van der Waals surface area (Å²) in [6, 6.07) is 18.2. The second kappa shape index (κ2) is 6.27. The van der Waals surface area contributed by atoms with Crippen molar-refractivity contribution >= 4 is 16.6 Å². The Morgan fingerprint density at radius 2 is 1.90 bits per heavy atom. The van der Waals surface area contributed by atoms with Gasteiger partial charge in [-0.15, -0.1) is 0 Å². The SMILES string of the molecule is CCNc1cc(OCc2ccccc2)cc2cccnc12. The fourth-order valence-electron chi connectivity index (χ4n) is 2.31. The van der Waals surface area contributed by atoms with Crippen molar-refractivity contribution in [1.29, 1.82) is 0 Å². The lowest BCUT2D eigenvalue weighted by molar-refractivity contribution is 0.307. The molecule has 1 heterocycles. The van der Waals surface area contributed by atoms with E-state index in [1.54, 1.807) is 0 Å². The first-order valence-corrected chi connectivity index (χ1v) is 7.16. The van der Waals surface area contributed by atoms with Crippen molar-refractivity contribution < 1.29 is 4.74 Å². The van der Waals surface area contributed by atoms with E-state index in [-0.39, 0.29) is 0 Å². The van der Waals surface area contributed by atoms with E-state index in [4.69, 9.17) is 4.74 Å². The fraction of sp³-hybridized carbons (Fsp3) is 0.167. The first kappa shape index (κ1) is 13.4. The molecule has 0 unspecified atom stereocenters. The van der Waals surface area contributed by atoms with E-state index in [2.05, 4.69) is 35.4 Å². The van der Waals surface area contributed by atoms with Crippen LogP contribution in [0.3, 0.4) is 0 Å². The quantitative estimate of drug-likeness (QED) is 0.757. The van der Waals surface area contributed by atoms with Gasteiger partial charge in [-0.1, -0.05) is 36.4 Å². The van der Waals surface area contributed by atoms with Crippen molar-refractivity contribution in [3.05, 3.63) is 66.4 Å². The summed E-state index contributed by atoms with van der Waals surface area (Å²) >= 11 is 0. The lowest BCUT2D eigenvalue weighted by Crippen LogP contribution is -2.00. The minimum absolute atomic E-state index is 0.568. The van der Waals surface area contributed by atoms with Crippen LogP contribution in [-0.2, 0) is 6.61 Å². The van der Waals surface area contributed by atoms with Gasteiger partial charge in [0.1, 0.15) is 12.4 Å². The number of fused-ring (bicyclic) bond motifs is 1. The number of anilines is 1. The predicted octanol–water partition coefficient (Wildman–Crippen LogP) is 4.25. The van der Waals surface area contributed by atoms with Crippen LogP contribution in [0.5, 0.6) is 5.75 Å². The van der Waals surface area contributed by atoms with Crippen LogP contribution in [0.25, 0.3) is 10.9 Å². The van der Waals surface area contributed by atoms with Crippen molar-refractivity contribution in [2.45, 2.75) is 13.5 Å². The number of rotatable bonds is 5. The molecule has 0 aliphatic rings. The van der Waals surface area contributed by atoms with Crippen molar-refractivity contribution in [3.63, 3.8) is 0 Å². The molecule has 3 nitrogen and oxygen atoms in total. The monoisotopic (exact) mass is 278 g/mol. The number of pyridine rings is 1. The van der Waals surface area contributed by atoms with Crippen molar-refractivity contribution in [3.8, 4) is 5.75 Å². The molecule has 0 aliphatic carbocycles. The summed E-state index contributed by atoms with van der Waals surface area (Å²) in [5, 5.41) is 4.43. The molecule has 0 radical (unpaired) electrons. The van der Waals surface area contributed by atoms with Crippen LogP contribution >= 0.6 is 0 Å². The minimum Gasteiger partial charge on any atom is -0.489 e. The molecular formula is C18H18N2O. The van der Waals surface area contributed by atoms with E-state index < -0.39 is 0 Å². The highest BCUT2D eigenvalue weighted by molar-refractivity contribution is 5.91. The maximum absolute atomic E-state index is 5.92. The van der Waals surface area contributed by atoms with Gasteiger partial charge in [0.05, 0.1) is 11.2 Å². The number of benzene rings is 2. The largest absolute Gasteiger partial charge is 0.489 e. The van der Waals surface area contributed by atoms with Gasteiger partial charge in [0.15, 0.2) is 0 Å². The Kier molecular flexibility index (Phi) is 4.01. The number of hydrogen-bond acceptors (Lipinski definition) is 3. The summed E-state index contributed by atoms with van der Waals surface area (Å²) in [6.07, 6.45) is 1.81. The van der Waals surface area contributed by atoms with Crippen LogP contribution in [0.15, 0.2) is 60.8 Å². The molecule has 3 aromatic rings. The predicted molar refractivity (Wildman–Crippen MR) is 86.7 cm³/mol. The van der Waals surface area contributed by atoms with Crippen molar-refractivity contribution in [2.24, 2.45) is 0 Å². The van der Waals surface area contributed by atoms with Gasteiger partial charge in [-0.3, -0.25) is 4.98 Å². The summed E-state index contributed by atoms with van der Waals surface area (Å²) < 4.78 is 5.92. The normalized spacial score (nSPS) is 10.5. The Morgan fingerprint density at radius 1 is 1.05 bits per heavy atom. The first-order valence-electron chi connectivity index (χ1n) is 7.16. The van der Waals surface area contributed by atoms with Gasteiger partial charge in [-0.05, 0) is 24.6 Å². The topological polar surface area (TPSA) is 34.1 Å². The molecule has 0 spiro atoms. The molecule has 0 atom stereocenters. The summed E-state index contributed by atoms with van der Waals surface area (Å²) in [5.41, 5.74) is 3.15. The minimum atomic E-state index is 0.568. The third-order valence-corrected chi connectivity index (χ3v) is 3.29. The van der Waals surface area contributed by atoms with Crippen LogP contribution in [0.1, 0.15) is 12.5 Å². The zero-order valence-electron chi connectivity index (χ0n) is 12.0. The van der Waals surface area contributed by atoms with Gasteiger partial charge in [0.2, 0.25) is 0 Å². The van der Waals surface area contributed by atoms with Gasteiger partial charge in [0.25, 0.3) is 0 Å². The maximum atomic E-state index is 5.92. The highest BCUT2D eigenvalue weighted by atomic mass is 16.5. The summed E-state index contributed by atoms with van der Waals surface area (Å²) in [5.74, 6) is 0.857. The molecule has 21 heavy (non-hydrogen) atoms. The smallest absolute Gasteiger partial charge is 0.122 e. The van der Waals surface area contributed by atoms with E-state index in [0.717, 1.165) is 34.4 Å². The average molecular weight is 278 g/mol. The Labute approximate surface area is 124 Å².